The van der Waals surface area contributed by atoms with Crippen LogP contribution in [0.25, 0.3) is 0 Å². The van der Waals surface area contributed by atoms with Gasteiger partial charge >= 0.3 is 0 Å². The minimum atomic E-state index is -0.976. The molecular formula is C10H17N3O4S. The van der Waals surface area contributed by atoms with Crippen LogP contribution in [-0.2, 0) is 17.8 Å². The number of hydrogen-bond acceptors (Lipinski definition) is 7. The van der Waals surface area contributed by atoms with Crippen LogP contribution in [0, 0.1) is 0 Å². The van der Waals surface area contributed by atoms with Gasteiger partial charge in [-0.3, -0.25) is 4.79 Å². The molecule has 0 aliphatic heterocycles. The van der Waals surface area contributed by atoms with Crippen LogP contribution in [0.4, 0.5) is 0 Å². The summed E-state index contributed by atoms with van der Waals surface area (Å²) in [6, 6.07) is 0. The molecular weight excluding hydrogens is 258 g/mol. The third-order valence-electron chi connectivity index (χ3n) is 2.19. The third-order valence-corrected chi connectivity index (χ3v) is 2.84. The number of aliphatic hydroxyl groups excluding tert-OH is 2. The smallest absolute Gasteiger partial charge is 0.252 e. The first kappa shape index (κ1) is 14.9. The number of carbonyl (C=O) groups excluding carboxylic acids is 1. The molecule has 1 heterocycles. The Morgan fingerprint density at radius 1 is 1.61 bits per heavy atom. The lowest BCUT2D eigenvalue weighted by atomic mass is 10.2. The third kappa shape index (κ3) is 5.03. The number of aliphatic hydroxyl groups is 2. The van der Waals surface area contributed by atoms with Crippen molar-refractivity contribution in [2.75, 3.05) is 18.6 Å². The molecule has 18 heavy (non-hydrogen) atoms. The van der Waals surface area contributed by atoms with E-state index in [9.17, 15) is 9.90 Å². The van der Waals surface area contributed by atoms with Crippen molar-refractivity contribution in [3.05, 3.63) is 11.7 Å². The number of rotatable bonds is 8. The van der Waals surface area contributed by atoms with Crippen molar-refractivity contribution in [1.82, 2.24) is 15.5 Å². The summed E-state index contributed by atoms with van der Waals surface area (Å²) >= 11 is 1.58. The van der Waals surface area contributed by atoms with E-state index in [1.165, 1.54) is 0 Å². The fourth-order valence-corrected chi connectivity index (χ4v) is 1.69. The van der Waals surface area contributed by atoms with Gasteiger partial charge in [0.15, 0.2) is 5.82 Å². The molecule has 8 heteroatoms. The number of nitrogens with one attached hydrogen (secondary N) is 1. The van der Waals surface area contributed by atoms with E-state index in [1.807, 2.05) is 6.26 Å². The van der Waals surface area contributed by atoms with Gasteiger partial charge < -0.3 is 20.1 Å². The van der Waals surface area contributed by atoms with Crippen molar-refractivity contribution >= 4 is 17.7 Å². The van der Waals surface area contributed by atoms with Crippen molar-refractivity contribution < 1.29 is 19.5 Å². The number of amides is 1. The molecule has 0 radical (unpaired) electrons. The zero-order valence-electron chi connectivity index (χ0n) is 10.1. The van der Waals surface area contributed by atoms with Crippen molar-refractivity contribution in [2.45, 2.75) is 25.6 Å². The van der Waals surface area contributed by atoms with Crippen LogP contribution >= 0.6 is 11.8 Å². The summed E-state index contributed by atoms with van der Waals surface area (Å²) in [5, 5.41) is 24.4. The van der Waals surface area contributed by atoms with Gasteiger partial charge in [-0.1, -0.05) is 5.16 Å². The Bertz CT molecular complexity index is 372. The number of carbonyl (C=O) groups is 1. The first-order chi connectivity index (χ1) is 8.67. The zero-order valence-corrected chi connectivity index (χ0v) is 10.9. The average Bonchev–Trinajstić information content (AvgIpc) is 2.83. The zero-order chi connectivity index (χ0) is 13.4. The highest BCUT2D eigenvalue weighted by atomic mass is 32.2. The van der Waals surface area contributed by atoms with E-state index in [0.717, 1.165) is 5.75 Å². The van der Waals surface area contributed by atoms with E-state index in [4.69, 9.17) is 9.63 Å². The second-order valence-electron chi connectivity index (χ2n) is 3.60. The average molecular weight is 275 g/mol. The summed E-state index contributed by atoms with van der Waals surface area (Å²) in [7, 11) is 0. The minimum absolute atomic E-state index is 0.149. The predicted molar refractivity (Wildman–Crippen MR) is 65.9 cm³/mol. The van der Waals surface area contributed by atoms with Crippen LogP contribution < -0.4 is 5.32 Å². The summed E-state index contributed by atoms with van der Waals surface area (Å²) in [6.07, 6.45) is 1.77. The lowest BCUT2D eigenvalue weighted by Crippen LogP contribution is -2.36. The number of nitrogens with zero attached hydrogens (tertiary/aromatic N) is 2. The molecule has 1 atom stereocenters. The molecule has 0 saturated carbocycles. The Morgan fingerprint density at radius 3 is 3.00 bits per heavy atom. The van der Waals surface area contributed by atoms with Gasteiger partial charge in [0.1, 0.15) is 12.7 Å². The Labute approximate surface area is 109 Å². The van der Waals surface area contributed by atoms with Crippen LogP contribution in [0.5, 0.6) is 0 Å². The molecule has 0 aliphatic carbocycles. The highest BCUT2D eigenvalue weighted by Crippen LogP contribution is 2.01. The molecule has 1 aromatic rings. The number of aromatic nitrogens is 2. The van der Waals surface area contributed by atoms with E-state index in [1.54, 1.807) is 11.8 Å². The molecule has 0 spiro atoms. The highest BCUT2D eigenvalue weighted by Gasteiger charge is 2.14. The van der Waals surface area contributed by atoms with Crippen molar-refractivity contribution in [3.8, 4) is 0 Å². The Kier molecular flexibility index (Phi) is 6.69. The van der Waals surface area contributed by atoms with Crippen LogP contribution in [-0.4, -0.2) is 50.9 Å². The van der Waals surface area contributed by atoms with Crippen LogP contribution in [0.2, 0.25) is 0 Å². The second kappa shape index (κ2) is 8.06. The maximum Gasteiger partial charge on any atom is 0.252 e. The van der Waals surface area contributed by atoms with Gasteiger partial charge in [-0.25, -0.2) is 0 Å². The van der Waals surface area contributed by atoms with Crippen molar-refractivity contribution in [2.24, 2.45) is 0 Å². The second-order valence-corrected chi connectivity index (χ2v) is 4.59. The standard InChI is InChI=1S/C10H17N3O4S/c1-18-5-3-7(15)10(16)11-4-2-8-12-9(6-14)17-13-8/h7,14-15H,2-6H2,1H3,(H,11,16). The molecule has 0 bridgehead atoms. The van der Waals surface area contributed by atoms with Gasteiger partial charge in [-0.05, 0) is 18.4 Å². The molecule has 0 aromatic carbocycles. The molecule has 7 nitrogen and oxygen atoms in total. The largest absolute Gasteiger partial charge is 0.387 e. The lowest BCUT2D eigenvalue weighted by molar-refractivity contribution is -0.129. The van der Waals surface area contributed by atoms with Gasteiger partial charge in [0, 0.05) is 13.0 Å². The molecule has 0 fully saturated rings. The number of thioether (sulfide) groups is 1. The molecule has 1 aromatic heterocycles. The Balaban J connectivity index is 2.22. The van der Waals surface area contributed by atoms with Gasteiger partial charge in [0.25, 0.3) is 5.89 Å². The predicted octanol–water partition coefficient (Wildman–Crippen LogP) is -0.665. The van der Waals surface area contributed by atoms with Crippen molar-refractivity contribution in [1.29, 1.82) is 0 Å². The lowest BCUT2D eigenvalue weighted by Gasteiger charge is -2.09. The number of hydrogen-bond donors (Lipinski definition) is 3. The normalized spacial score (nSPS) is 12.4. The monoisotopic (exact) mass is 275 g/mol. The molecule has 102 valence electrons. The van der Waals surface area contributed by atoms with Gasteiger partial charge in [0.2, 0.25) is 5.91 Å². The van der Waals surface area contributed by atoms with Gasteiger partial charge in [-0.15, -0.1) is 0 Å². The van der Waals surface area contributed by atoms with Crippen molar-refractivity contribution in [3.63, 3.8) is 0 Å². The van der Waals surface area contributed by atoms with E-state index in [0.29, 0.717) is 25.2 Å². The maximum atomic E-state index is 11.4. The van der Waals surface area contributed by atoms with Crippen LogP contribution in [0.15, 0.2) is 4.52 Å². The van der Waals surface area contributed by atoms with E-state index in [2.05, 4.69) is 15.5 Å². The molecule has 0 saturated heterocycles. The summed E-state index contributed by atoms with van der Waals surface area (Å²) in [5.74, 6) is 0.906. The van der Waals surface area contributed by atoms with Gasteiger partial charge in [0.05, 0.1) is 0 Å². The minimum Gasteiger partial charge on any atom is -0.387 e. The quantitative estimate of drug-likeness (QED) is 0.577. The fourth-order valence-electron chi connectivity index (χ4n) is 1.23. The topological polar surface area (TPSA) is 108 Å². The Hall–Kier alpha value is -1.12. The summed E-state index contributed by atoms with van der Waals surface area (Å²) in [6.45, 7) is 0.0202. The van der Waals surface area contributed by atoms with E-state index >= 15 is 0 Å². The highest BCUT2D eigenvalue weighted by molar-refractivity contribution is 7.98. The molecule has 3 N–H and O–H groups in total. The first-order valence-electron chi connectivity index (χ1n) is 5.54. The van der Waals surface area contributed by atoms with Crippen LogP contribution in [0.1, 0.15) is 18.1 Å². The van der Waals surface area contributed by atoms with E-state index in [-0.39, 0.29) is 12.5 Å². The van der Waals surface area contributed by atoms with E-state index < -0.39 is 12.0 Å². The molecule has 1 amide bonds. The SMILES string of the molecule is CSCCC(O)C(=O)NCCc1noc(CO)n1. The summed E-state index contributed by atoms with van der Waals surface area (Å²) < 4.78 is 4.70. The Morgan fingerprint density at radius 2 is 2.39 bits per heavy atom. The molecule has 0 aliphatic rings. The molecule has 1 unspecified atom stereocenters. The fraction of sp³-hybridized carbons (Fsp3) is 0.700. The first-order valence-corrected chi connectivity index (χ1v) is 6.93. The summed E-state index contributed by atoms with van der Waals surface area (Å²) in [5.41, 5.74) is 0. The van der Waals surface area contributed by atoms with Crippen LogP contribution in [0.3, 0.4) is 0 Å². The summed E-state index contributed by atoms with van der Waals surface area (Å²) in [4.78, 5) is 15.3. The van der Waals surface area contributed by atoms with Gasteiger partial charge in [-0.2, -0.15) is 16.7 Å². The molecule has 1 rings (SSSR count). The maximum absolute atomic E-state index is 11.4.